The third-order valence-electron chi connectivity index (χ3n) is 4.40. The fourth-order valence-electron chi connectivity index (χ4n) is 3.04. The van der Waals surface area contributed by atoms with Crippen LogP contribution in [0.4, 0.5) is 0 Å². The van der Waals surface area contributed by atoms with Gasteiger partial charge in [0.1, 0.15) is 0 Å². The summed E-state index contributed by atoms with van der Waals surface area (Å²) < 4.78 is 12.3. The average Bonchev–Trinajstić information content (AvgIpc) is 2.48. The second-order valence-electron chi connectivity index (χ2n) is 5.55. The standard InChI is InChI=1S/C16H24BrNO2/c1-13(12-19-2)18-10-8-16(20-3,9-11-18)14-4-6-15(17)7-5-14/h4-7,13H,8-12H2,1-3H3/t13-/m0/s1. The Morgan fingerprint density at radius 2 is 1.80 bits per heavy atom. The summed E-state index contributed by atoms with van der Waals surface area (Å²) in [7, 11) is 3.60. The van der Waals surface area contributed by atoms with Gasteiger partial charge in [-0.3, -0.25) is 4.90 Å². The first-order valence-corrected chi connectivity index (χ1v) is 7.95. The van der Waals surface area contributed by atoms with Gasteiger partial charge in [-0.2, -0.15) is 0 Å². The smallest absolute Gasteiger partial charge is 0.0951 e. The first-order chi connectivity index (χ1) is 9.61. The first kappa shape index (κ1) is 16.0. The summed E-state index contributed by atoms with van der Waals surface area (Å²) in [5.41, 5.74) is 1.14. The van der Waals surface area contributed by atoms with Gasteiger partial charge in [-0.15, -0.1) is 0 Å². The van der Waals surface area contributed by atoms with E-state index >= 15 is 0 Å². The molecule has 112 valence electrons. The van der Waals surface area contributed by atoms with E-state index in [0.29, 0.717) is 6.04 Å². The number of likely N-dealkylation sites (tertiary alicyclic amines) is 1. The number of piperidine rings is 1. The van der Waals surface area contributed by atoms with Crippen LogP contribution in [0, 0.1) is 0 Å². The zero-order valence-corrected chi connectivity index (χ0v) is 14.1. The van der Waals surface area contributed by atoms with Crippen LogP contribution in [-0.2, 0) is 15.1 Å². The van der Waals surface area contributed by atoms with E-state index in [-0.39, 0.29) is 5.60 Å². The minimum absolute atomic E-state index is 0.135. The maximum Gasteiger partial charge on any atom is 0.0951 e. The Kier molecular flexibility index (Phi) is 5.61. The normalized spacial score (nSPS) is 20.8. The van der Waals surface area contributed by atoms with Crippen LogP contribution in [0.3, 0.4) is 0 Å². The van der Waals surface area contributed by atoms with Crippen molar-refractivity contribution < 1.29 is 9.47 Å². The van der Waals surface area contributed by atoms with Crippen LogP contribution in [0.2, 0.25) is 0 Å². The predicted octanol–water partition coefficient (Wildman–Crippen LogP) is 3.42. The molecular formula is C16H24BrNO2. The summed E-state index contributed by atoms with van der Waals surface area (Å²) in [5, 5.41) is 0. The van der Waals surface area contributed by atoms with Gasteiger partial charge in [0.25, 0.3) is 0 Å². The van der Waals surface area contributed by atoms with E-state index in [1.165, 1.54) is 5.56 Å². The van der Waals surface area contributed by atoms with Gasteiger partial charge in [-0.05, 0) is 37.5 Å². The lowest BCUT2D eigenvalue weighted by Gasteiger charge is -2.43. The highest BCUT2D eigenvalue weighted by molar-refractivity contribution is 9.10. The molecule has 0 N–H and O–H groups in total. The van der Waals surface area contributed by atoms with Crippen LogP contribution >= 0.6 is 15.9 Å². The molecule has 0 saturated carbocycles. The zero-order valence-electron chi connectivity index (χ0n) is 12.6. The van der Waals surface area contributed by atoms with Crippen molar-refractivity contribution in [1.29, 1.82) is 0 Å². The highest BCUT2D eigenvalue weighted by Crippen LogP contribution is 2.37. The van der Waals surface area contributed by atoms with Crippen molar-refractivity contribution in [3.63, 3.8) is 0 Å². The number of rotatable bonds is 5. The van der Waals surface area contributed by atoms with Crippen molar-refractivity contribution in [1.82, 2.24) is 4.90 Å². The van der Waals surface area contributed by atoms with Gasteiger partial charge in [0.2, 0.25) is 0 Å². The van der Waals surface area contributed by atoms with Crippen molar-refractivity contribution in [2.75, 3.05) is 33.9 Å². The Morgan fingerprint density at radius 1 is 1.20 bits per heavy atom. The number of hydrogen-bond acceptors (Lipinski definition) is 3. The molecule has 0 aliphatic carbocycles. The molecule has 1 aliphatic rings. The fraction of sp³-hybridized carbons (Fsp3) is 0.625. The van der Waals surface area contributed by atoms with E-state index in [1.54, 1.807) is 7.11 Å². The van der Waals surface area contributed by atoms with Crippen LogP contribution < -0.4 is 0 Å². The number of halogens is 1. The molecule has 0 aromatic heterocycles. The summed E-state index contributed by atoms with van der Waals surface area (Å²) in [6, 6.07) is 9.00. The Labute approximate surface area is 130 Å². The molecule has 1 heterocycles. The van der Waals surface area contributed by atoms with E-state index in [9.17, 15) is 0 Å². The van der Waals surface area contributed by atoms with E-state index in [1.807, 2.05) is 7.11 Å². The summed E-state index contributed by atoms with van der Waals surface area (Å²) in [6.07, 6.45) is 2.05. The van der Waals surface area contributed by atoms with Crippen molar-refractivity contribution in [3.05, 3.63) is 34.3 Å². The average molecular weight is 342 g/mol. The highest BCUT2D eigenvalue weighted by atomic mass is 79.9. The van der Waals surface area contributed by atoms with Gasteiger partial charge in [0.15, 0.2) is 0 Å². The first-order valence-electron chi connectivity index (χ1n) is 7.15. The maximum absolute atomic E-state index is 5.92. The lowest BCUT2D eigenvalue weighted by molar-refractivity contribution is -0.0721. The number of benzene rings is 1. The third-order valence-corrected chi connectivity index (χ3v) is 4.93. The predicted molar refractivity (Wildman–Crippen MR) is 85.0 cm³/mol. The molecule has 0 amide bonds. The van der Waals surface area contributed by atoms with Crippen LogP contribution in [0.5, 0.6) is 0 Å². The molecule has 2 rings (SSSR count). The molecule has 0 spiro atoms. The molecule has 0 unspecified atom stereocenters. The fourth-order valence-corrected chi connectivity index (χ4v) is 3.30. The molecule has 1 fully saturated rings. The van der Waals surface area contributed by atoms with Crippen LogP contribution in [0.15, 0.2) is 28.7 Å². The van der Waals surface area contributed by atoms with Gasteiger partial charge in [-0.25, -0.2) is 0 Å². The van der Waals surface area contributed by atoms with Crippen molar-refractivity contribution in [2.24, 2.45) is 0 Å². The minimum Gasteiger partial charge on any atom is -0.383 e. The monoisotopic (exact) mass is 341 g/mol. The molecule has 0 radical (unpaired) electrons. The summed E-state index contributed by atoms with van der Waals surface area (Å²) in [6.45, 7) is 5.12. The lowest BCUT2D eigenvalue weighted by Crippen LogP contribution is -2.48. The summed E-state index contributed by atoms with van der Waals surface area (Å²) >= 11 is 3.49. The molecule has 1 aromatic rings. The number of methoxy groups -OCH3 is 2. The number of nitrogens with zero attached hydrogens (tertiary/aromatic N) is 1. The molecule has 1 aromatic carbocycles. The maximum atomic E-state index is 5.92. The SMILES string of the molecule is COC[C@H](C)N1CCC(OC)(c2ccc(Br)cc2)CC1. The van der Waals surface area contributed by atoms with Crippen LogP contribution in [0.1, 0.15) is 25.3 Å². The second-order valence-corrected chi connectivity index (χ2v) is 6.46. The molecule has 4 heteroatoms. The van der Waals surface area contributed by atoms with Gasteiger partial charge >= 0.3 is 0 Å². The van der Waals surface area contributed by atoms with E-state index in [4.69, 9.17) is 9.47 Å². The molecule has 1 aliphatic heterocycles. The van der Waals surface area contributed by atoms with E-state index in [0.717, 1.165) is 37.0 Å². The Morgan fingerprint density at radius 3 is 2.30 bits per heavy atom. The third kappa shape index (κ3) is 3.42. The Balaban J connectivity index is 2.06. The molecule has 1 atom stereocenters. The second kappa shape index (κ2) is 7.03. The highest BCUT2D eigenvalue weighted by Gasteiger charge is 2.37. The van der Waals surface area contributed by atoms with Gasteiger partial charge < -0.3 is 9.47 Å². The molecule has 3 nitrogen and oxygen atoms in total. The Bertz CT molecular complexity index is 413. The van der Waals surface area contributed by atoms with Gasteiger partial charge in [0.05, 0.1) is 12.2 Å². The van der Waals surface area contributed by atoms with Gasteiger partial charge in [-0.1, -0.05) is 28.1 Å². The quantitative estimate of drug-likeness (QED) is 0.818. The zero-order chi connectivity index (χ0) is 14.6. The van der Waals surface area contributed by atoms with E-state index < -0.39 is 0 Å². The summed E-state index contributed by atoms with van der Waals surface area (Å²) in [5.74, 6) is 0. The van der Waals surface area contributed by atoms with Crippen LogP contribution in [0.25, 0.3) is 0 Å². The molecule has 1 saturated heterocycles. The van der Waals surface area contributed by atoms with Crippen molar-refractivity contribution in [2.45, 2.75) is 31.4 Å². The number of ether oxygens (including phenoxy) is 2. The van der Waals surface area contributed by atoms with Crippen LogP contribution in [-0.4, -0.2) is 44.9 Å². The Hall–Kier alpha value is -0.420. The topological polar surface area (TPSA) is 21.7 Å². The summed E-state index contributed by atoms with van der Waals surface area (Å²) in [4.78, 5) is 2.49. The van der Waals surface area contributed by atoms with Gasteiger partial charge in [0, 0.05) is 37.8 Å². The minimum atomic E-state index is -0.135. The molecule has 20 heavy (non-hydrogen) atoms. The lowest BCUT2D eigenvalue weighted by atomic mass is 9.84. The molecular weight excluding hydrogens is 318 g/mol. The van der Waals surface area contributed by atoms with Crippen molar-refractivity contribution in [3.8, 4) is 0 Å². The number of hydrogen-bond donors (Lipinski definition) is 0. The largest absolute Gasteiger partial charge is 0.383 e. The van der Waals surface area contributed by atoms with Crippen molar-refractivity contribution >= 4 is 15.9 Å². The molecule has 0 bridgehead atoms. The van der Waals surface area contributed by atoms with E-state index in [2.05, 4.69) is 52.0 Å².